The van der Waals surface area contributed by atoms with Crippen LogP contribution in [0.1, 0.15) is 31.4 Å². The summed E-state index contributed by atoms with van der Waals surface area (Å²) in [7, 11) is 0. The molecule has 31 heavy (non-hydrogen) atoms. The van der Waals surface area contributed by atoms with E-state index in [1.807, 2.05) is 30.5 Å². The molecule has 1 saturated heterocycles. The number of benzene rings is 2. The van der Waals surface area contributed by atoms with Crippen molar-refractivity contribution in [2.75, 3.05) is 29.9 Å². The lowest BCUT2D eigenvalue weighted by molar-refractivity contribution is 0.568. The molecule has 0 aliphatic carbocycles. The Morgan fingerprint density at radius 2 is 1.77 bits per heavy atom. The second-order valence-electron chi connectivity index (χ2n) is 8.09. The number of nitrogens with zero attached hydrogens (tertiary/aromatic N) is 4. The highest BCUT2D eigenvalue weighted by Crippen LogP contribution is 2.25. The van der Waals surface area contributed by atoms with Crippen molar-refractivity contribution in [3.63, 3.8) is 0 Å². The van der Waals surface area contributed by atoms with E-state index in [1.165, 1.54) is 19.3 Å². The Bertz CT molecular complexity index is 1200. The van der Waals surface area contributed by atoms with Crippen LogP contribution in [0.4, 0.5) is 11.6 Å². The van der Waals surface area contributed by atoms with Gasteiger partial charge >= 0.3 is 0 Å². The summed E-state index contributed by atoms with van der Waals surface area (Å²) in [4.78, 5) is 16.6. The average molecular weight is 432 g/mol. The van der Waals surface area contributed by atoms with Gasteiger partial charge in [-0.15, -0.1) is 0 Å². The Balaban J connectivity index is 1.32. The lowest BCUT2D eigenvalue weighted by Crippen LogP contribution is -2.31. The highest BCUT2D eigenvalue weighted by Gasteiger charge is 2.16. The number of piperidine rings is 1. The van der Waals surface area contributed by atoms with Gasteiger partial charge in [0.15, 0.2) is 0 Å². The van der Waals surface area contributed by atoms with Crippen molar-refractivity contribution < 1.29 is 0 Å². The van der Waals surface area contributed by atoms with E-state index in [2.05, 4.69) is 39.5 Å². The molecule has 1 aliphatic heterocycles. The minimum Gasteiger partial charge on any atom is -0.384 e. The molecule has 1 fully saturated rings. The second-order valence-corrected chi connectivity index (χ2v) is 8.52. The topological polar surface area (TPSA) is 53.9 Å². The SMILES string of the molecule is Clc1ccc2c(NCCCc3nc(N4CCCCC4)nc4ccccc34)ccnc2c1. The van der Waals surface area contributed by atoms with Gasteiger partial charge in [0.25, 0.3) is 0 Å². The van der Waals surface area contributed by atoms with Crippen molar-refractivity contribution >= 4 is 45.0 Å². The van der Waals surface area contributed by atoms with Gasteiger partial charge in [0.2, 0.25) is 5.95 Å². The number of aryl methyl sites for hydroxylation is 1. The number of nitrogens with one attached hydrogen (secondary N) is 1. The Kier molecular flexibility index (Phi) is 5.85. The quantitative estimate of drug-likeness (QED) is 0.387. The van der Waals surface area contributed by atoms with Crippen LogP contribution < -0.4 is 10.2 Å². The molecule has 0 bridgehead atoms. The zero-order valence-corrected chi connectivity index (χ0v) is 18.3. The zero-order chi connectivity index (χ0) is 21.0. The average Bonchev–Trinajstić information content (AvgIpc) is 2.82. The summed E-state index contributed by atoms with van der Waals surface area (Å²) >= 11 is 6.11. The van der Waals surface area contributed by atoms with Gasteiger partial charge in [0.1, 0.15) is 0 Å². The molecule has 0 unspecified atom stereocenters. The fourth-order valence-corrected chi connectivity index (χ4v) is 4.48. The van der Waals surface area contributed by atoms with Gasteiger partial charge in [-0.25, -0.2) is 9.97 Å². The molecular formula is C25H26ClN5. The van der Waals surface area contributed by atoms with E-state index in [4.69, 9.17) is 21.6 Å². The molecule has 5 nitrogen and oxygen atoms in total. The molecular weight excluding hydrogens is 406 g/mol. The van der Waals surface area contributed by atoms with Gasteiger partial charge in [-0.3, -0.25) is 4.98 Å². The van der Waals surface area contributed by atoms with E-state index in [0.717, 1.165) is 71.6 Å². The predicted molar refractivity (Wildman–Crippen MR) is 129 cm³/mol. The molecule has 0 radical (unpaired) electrons. The number of hydrogen-bond acceptors (Lipinski definition) is 5. The first-order valence-electron chi connectivity index (χ1n) is 11.1. The van der Waals surface area contributed by atoms with Crippen LogP contribution in [0.25, 0.3) is 21.8 Å². The number of rotatable bonds is 6. The minimum atomic E-state index is 0.706. The van der Waals surface area contributed by atoms with E-state index in [0.29, 0.717) is 5.02 Å². The molecule has 0 atom stereocenters. The number of aromatic nitrogens is 3. The van der Waals surface area contributed by atoms with Gasteiger partial charge in [0, 0.05) is 47.3 Å². The van der Waals surface area contributed by atoms with E-state index in [1.54, 1.807) is 0 Å². The number of pyridine rings is 1. The number of anilines is 2. The van der Waals surface area contributed by atoms with Crippen LogP contribution in [0.2, 0.25) is 5.02 Å². The first kappa shape index (κ1) is 20.0. The van der Waals surface area contributed by atoms with Crippen LogP contribution >= 0.6 is 11.6 Å². The Morgan fingerprint density at radius 3 is 2.68 bits per heavy atom. The summed E-state index contributed by atoms with van der Waals surface area (Å²) in [6.45, 7) is 2.97. The third kappa shape index (κ3) is 4.42. The van der Waals surface area contributed by atoms with Gasteiger partial charge < -0.3 is 10.2 Å². The molecule has 1 aliphatic rings. The van der Waals surface area contributed by atoms with Crippen LogP contribution in [-0.2, 0) is 6.42 Å². The lowest BCUT2D eigenvalue weighted by atomic mass is 10.1. The van der Waals surface area contributed by atoms with Gasteiger partial charge in [-0.05, 0) is 62.4 Å². The monoisotopic (exact) mass is 431 g/mol. The van der Waals surface area contributed by atoms with Crippen molar-refractivity contribution in [3.8, 4) is 0 Å². The van der Waals surface area contributed by atoms with Crippen LogP contribution in [0.15, 0.2) is 54.7 Å². The maximum absolute atomic E-state index is 6.11. The van der Waals surface area contributed by atoms with Crippen LogP contribution in [0, 0.1) is 0 Å². The maximum atomic E-state index is 6.11. The number of fused-ring (bicyclic) bond motifs is 2. The lowest BCUT2D eigenvalue weighted by Gasteiger charge is -2.27. The van der Waals surface area contributed by atoms with Crippen LogP contribution in [0.5, 0.6) is 0 Å². The second kappa shape index (κ2) is 9.06. The predicted octanol–water partition coefficient (Wildman–Crippen LogP) is 5.87. The number of para-hydroxylation sites is 1. The largest absolute Gasteiger partial charge is 0.384 e. The van der Waals surface area contributed by atoms with Crippen LogP contribution in [-0.4, -0.2) is 34.6 Å². The molecule has 3 heterocycles. The molecule has 0 spiro atoms. The Labute approximate surface area is 187 Å². The summed E-state index contributed by atoms with van der Waals surface area (Å²) < 4.78 is 0. The molecule has 2 aromatic heterocycles. The van der Waals surface area contributed by atoms with Gasteiger partial charge in [0.05, 0.1) is 16.7 Å². The smallest absolute Gasteiger partial charge is 0.226 e. The summed E-state index contributed by atoms with van der Waals surface area (Å²) in [5, 5.41) is 6.52. The minimum absolute atomic E-state index is 0.706. The van der Waals surface area contributed by atoms with Crippen molar-refractivity contribution in [2.45, 2.75) is 32.1 Å². The van der Waals surface area contributed by atoms with Crippen molar-refractivity contribution in [3.05, 3.63) is 65.4 Å². The highest BCUT2D eigenvalue weighted by molar-refractivity contribution is 6.31. The standard InChI is InChI=1S/C25H26ClN5/c26-18-10-11-20-21(12-14-28-24(20)17-18)27-13-6-9-23-19-7-2-3-8-22(19)29-25(30-23)31-15-4-1-5-16-31/h2-3,7-8,10-12,14,17H,1,4-6,9,13,15-16H2,(H,27,28). The first-order valence-corrected chi connectivity index (χ1v) is 11.4. The van der Waals surface area contributed by atoms with E-state index in [-0.39, 0.29) is 0 Å². The molecule has 0 saturated carbocycles. The molecule has 6 heteroatoms. The van der Waals surface area contributed by atoms with Crippen molar-refractivity contribution in [2.24, 2.45) is 0 Å². The highest BCUT2D eigenvalue weighted by atomic mass is 35.5. The van der Waals surface area contributed by atoms with Gasteiger partial charge in [-0.1, -0.05) is 29.8 Å². The van der Waals surface area contributed by atoms with Crippen molar-refractivity contribution in [1.29, 1.82) is 0 Å². The number of hydrogen-bond donors (Lipinski definition) is 1. The summed E-state index contributed by atoms with van der Waals surface area (Å²) in [5.41, 5.74) is 4.17. The van der Waals surface area contributed by atoms with Crippen LogP contribution in [0.3, 0.4) is 0 Å². The zero-order valence-electron chi connectivity index (χ0n) is 17.5. The fraction of sp³-hybridized carbons (Fsp3) is 0.320. The molecule has 2 aromatic carbocycles. The summed E-state index contributed by atoms with van der Waals surface area (Å²) in [6.07, 6.45) is 7.47. The molecule has 4 aromatic rings. The molecule has 1 N–H and O–H groups in total. The summed E-state index contributed by atoms with van der Waals surface area (Å²) in [5.74, 6) is 0.887. The molecule has 5 rings (SSSR count). The normalized spacial score (nSPS) is 14.3. The van der Waals surface area contributed by atoms with Crippen molar-refractivity contribution in [1.82, 2.24) is 15.0 Å². The van der Waals surface area contributed by atoms with E-state index < -0.39 is 0 Å². The van der Waals surface area contributed by atoms with E-state index in [9.17, 15) is 0 Å². The van der Waals surface area contributed by atoms with Gasteiger partial charge in [-0.2, -0.15) is 0 Å². The molecule has 158 valence electrons. The fourth-order valence-electron chi connectivity index (χ4n) is 4.31. The Morgan fingerprint density at radius 1 is 0.903 bits per heavy atom. The third-order valence-corrected chi connectivity index (χ3v) is 6.15. The maximum Gasteiger partial charge on any atom is 0.226 e. The third-order valence-electron chi connectivity index (χ3n) is 5.92. The molecule has 0 amide bonds. The van der Waals surface area contributed by atoms with E-state index >= 15 is 0 Å². The Hall–Kier alpha value is -2.92. The number of halogens is 1. The summed E-state index contributed by atoms with van der Waals surface area (Å²) in [6, 6.07) is 16.2. The first-order chi connectivity index (χ1) is 15.3.